The van der Waals surface area contributed by atoms with Crippen LogP contribution in [0.1, 0.15) is 16.7 Å². The van der Waals surface area contributed by atoms with E-state index >= 15 is 0 Å². The van der Waals surface area contributed by atoms with E-state index in [2.05, 4.69) is 55.1 Å². The molecule has 2 aromatic carbocycles. The van der Waals surface area contributed by atoms with E-state index in [0.717, 1.165) is 5.56 Å². The van der Waals surface area contributed by atoms with E-state index in [1.807, 2.05) is 24.3 Å². The van der Waals surface area contributed by atoms with Crippen molar-refractivity contribution in [2.45, 2.75) is 0 Å². The molecule has 0 bridgehead atoms. The Morgan fingerprint density at radius 1 is 0.625 bits per heavy atom. The van der Waals surface area contributed by atoms with Crippen molar-refractivity contribution < 1.29 is 0 Å². The third kappa shape index (κ3) is 2.71. The first kappa shape index (κ1) is 10.4. The van der Waals surface area contributed by atoms with Crippen LogP contribution in [-0.4, -0.2) is 0 Å². The molecule has 0 aliphatic carbocycles. The highest BCUT2D eigenvalue weighted by Crippen LogP contribution is 2.10. The maximum atomic E-state index is 3.74. The van der Waals surface area contributed by atoms with Crippen LogP contribution in [0.15, 0.2) is 61.2 Å². The summed E-state index contributed by atoms with van der Waals surface area (Å²) in [7, 11) is 0. The number of hydrogen-bond acceptors (Lipinski definition) is 0. The summed E-state index contributed by atoms with van der Waals surface area (Å²) in [5.74, 6) is 0. The molecule has 0 nitrogen and oxygen atoms in total. The van der Waals surface area contributed by atoms with Gasteiger partial charge in [0.05, 0.1) is 0 Å². The highest BCUT2D eigenvalue weighted by atomic mass is 13.9. The summed E-state index contributed by atoms with van der Waals surface area (Å²) >= 11 is 0. The van der Waals surface area contributed by atoms with E-state index in [-0.39, 0.29) is 0 Å². The van der Waals surface area contributed by atoms with Gasteiger partial charge < -0.3 is 0 Å². The summed E-state index contributed by atoms with van der Waals surface area (Å²) in [4.78, 5) is 0. The van der Waals surface area contributed by atoms with E-state index in [1.165, 1.54) is 11.1 Å². The average Bonchev–Trinajstić information content (AvgIpc) is 2.38. The van der Waals surface area contributed by atoms with Crippen LogP contribution in [-0.2, 0) is 0 Å². The number of hydrogen-bond donors (Lipinski definition) is 0. The molecule has 0 aromatic heterocycles. The quantitative estimate of drug-likeness (QED) is 0.648. The van der Waals surface area contributed by atoms with Gasteiger partial charge in [0, 0.05) is 0 Å². The zero-order valence-electron chi connectivity index (χ0n) is 9.14. The lowest BCUT2D eigenvalue weighted by Gasteiger charge is -1.95. The molecule has 0 radical (unpaired) electrons. The predicted molar refractivity (Wildman–Crippen MR) is 71.9 cm³/mol. The van der Waals surface area contributed by atoms with Crippen LogP contribution in [0, 0.1) is 0 Å². The van der Waals surface area contributed by atoms with Crippen molar-refractivity contribution in [3.63, 3.8) is 0 Å². The highest BCUT2D eigenvalue weighted by Gasteiger charge is 1.88. The molecule has 2 rings (SSSR count). The van der Waals surface area contributed by atoms with Gasteiger partial charge in [0.1, 0.15) is 0 Å². The molecule has 2 aromatic rings. The summed E-state index contributed by atoms with van der Waals surface area (Å²) in [6.45, 7) is 3.74. The SMILES string of the molecule is C=Cc1ccc(/C=C/c2ccccc2)cc1. The molecule has 0 spiro atoms. The number of rotatable bonds is 3. The van der Waals surface area contributed by atoms with Crippen LogP contribution in [0.5, 0.6) is 0 Å². The van der Waals surface area contributed by atoms with Crippen LogP contribution in [0.25, 0.3) is 18.2 Å². The lowest BCUT2D eigenvalue weighted by atomic mass is 10.1. The van der Waals surface area contributed by atoms with E-state index in [9.17, 15) is 0 Å². The molecule has 0 heterocycles. The largest absolute Gasteiger partial charge is 0.0985 e. The maximum Gasteiger partial charge on any atom is -0.0256 e. The van der Waals surface area contributed by atoms with Crippen LogP contribution in [0.4, 0.5) is 0 Å². The Morgan fingerprint density at radius 3 is 1.69 bits per heavy atom. The van der Waals surface area contributed by atoms with Crippen LogP contribution < -0.4 is 0 Å². The van der Waals surface area contributed by atoms with Gasteiger partial charge in [-0.05, 0) is 16.7 Å². The van der Waals surface area contributed by atoms with Crippen molar-refractivity contribution in [1.29, 1.82) is 0 Å². The topological polar surface area (TPSA) is 0 Å². The van der Waals surface area contributed by atoms with Gasteiger partial charge in [-0.1, -0.05) is 79.4 Å². The molecule has 0 heteroatoms. The lowest BCUT2D eigenvalue weighted by Crippen LogP contribution is -1.74. The first-order chi connectivity index (χ1) is 7.88. The normalized spacial score (nSPS) is 10.5. The summed E-state index contributed by atoms with van der Waals surface area (Å²) in [6, 6.07) is 18.6. The van der Waals surface area contributed by atoms with E-state index < -0.39 is 0 Å². The second-order valence-corrected chi connectivity index (χ2v) is 3.61. The maximum absolute atomic E-state index is 3.74. The molecular weight excluding hydrogens is 192 g/mol. The van der Waals surface area contributed by atoms with Gasteiger partial charge in [-0.25, -0.2) is 0 Å². The summed E-state index contributed by atoms with van der Waals surface area (Å²) in [5.41, 5.74) is 3.57. The van der Waals surface area contributed by atoms with Crippen molar-refractivity contribution >= 4 is 18.2 Å². The minimum Gasteiger partial charge on any atom is -0.0985 e. The first-order valence-corrected chi connectivity index (χ1v) is 5.34. The van der Waals surface area contributed by atoms with Crippen LogP contribution >= 0.6 is 0 Å². The summed E-state index contributed by atoms with van der Waals surface area (Å²) < 4.78 is 0. The van der Waals surface area contributed by atoms with Crippen molar-refractivity contribution in [2.24, 2.45) is 0 Å². The molecule has 0 amide bonds. The Labute approximate surface area is 96.6 Å². The second-order valence-electron chi connectivity index (χ2n) is 3.61. The van der Waals surface area contributed by atoms with Crippen molar-refractivity contribution in [1.82, 2.24) is 0 Å². The van der Waals surface area contributed by atoms with Gasteiger partial charge in [0.25, 0.3) is 0 Å². The molecule has 78 valence electrons. The molecule has 0 fully saturated rings. The lowest BCUT2D eigenvalue weighted by molar-refractivity contribution is 1.62. The minimum absolute atomic E-state index is 1.15. The first-order valence-electron chi connectivity index (χ1n) is 5.34. The van der Waals surface area contributed by atoms with Gasteiger partial charge in [-0.15, -0.1) is 0 Å². The minimum atomic E-state index is 1.15. The van der Waals surface area contributed by atoms with Crippen molar-refractivity contribution in [2.75, 3.05) is 0 Å². The van der Waals surface area contributed by atoms with Crippen LogP contribution in [0.3, 0.4) is 0 Å². The molecule has 0 N–H and O–H groups in total. The average molecular weight is 206 g/mol. The zero-order valence-corrected chi connectivity index (χ0v) is 9.14. The Kier molecular flexibility index (Phi) is 3.35. The highest BCUT2D eigenvalue weighted by molar-refractivity contribution is 5.70. The fraction of sp³-hybridized carbons (Fsp3) is 0. The van der Waals surface area contributed by atoms with Gasteiger partial charge in [-0.3, -0.25) is 0 Å². The Bertz CT molecular complexity index is 475. The van der Waals surface area contributed by atoms with E-state index in [1.54, 1.807) is 0 Å². The molecule has 16 heavy (non-hydrogen) atoms. The van der Waals surface area contributed by atoms with Gasteiger partial charge in [0.15, 0.2) is 0 Å². The monoisotopic (exact) mass is 206 g/mol. The Hall–Kier alpha value is -2.08. The van der Waals surface area contributed by atoms with Gasteiger partial charge in [-0.2, -0.15) is 0 Å². The smallest absolute Gasteiger partial charge is 0.0256 e. The molecule has 0 saturated carbocycles. The Balaban J connectivity index is 2.14. The summed E-state index contributed by atoms with van der Waals surface area (Å²) in [5, 5.41) is 0. The fourth-order valence-electron chi connectivity index (χ4n) is 1.50. The molecule has 0 saturated heterocycles. The second kappa shape index (κ2) is 5.13. The molecule has 0 aliphatic rings. The third-order valence-corrected chi connectivity index (χ3v) is 2.44. The molecule has 0 aliphatic heterocycles. The zero-order chi connectivity index (χ0) is 11.2. The van der Waals surface area contributed by atoms with Crippen LogP contribution in [0.2, 0.25) is 0 Å². The molecule has 0 atom stereocenters. The van der Waals surface area contributed by atoms with Gasteiger partial charge >= 0.3 is 0 Å². The predicted octanol–water partition coefficient (Wildman–Crippen LogP) is 4.50. The van der Waals surface area contributed by atoms with Crippen molar-refractivity contribution in [3.8, 4) is 0 Å². The number of benzene rings is 2. The molecular formula is C16H14. The Morgan fingerprint density at radius 2 is 1.12 bits per heavy atom. The molecule has 0 unspecified atom stereocenters. The van der Waals surface area contributed by atoms with Crippen molar-refractivity contribution in [3.05, 3.63) is 77.9 Å². The van der Waals surface area contributed by atoms with Gasteiger partial charge in [0.2, 0.25) is 0 Å². The van der Waals surface area contributed by atoms with E-state index in [0.29, 0.717) is 0 Å². The fourth-order valence-corrected chi connectivity index (χ4v) is 1.50. The standard InChI is InChI=1S/C16H14/c1-2-14-8-10-16(11-9-14)13-12-15-6-4-3-5-7-15/h2-13H,1H2/b13-12+. The summed E-state index contributed by atoms with van der Waals surface area (Å²) in [6.07, 6.45) is 6.08. The third-order valence-electron chi connectivity index (χ3n) is 2.44. The van der Waals surface area contributed by atoms with E-state index in [4.69, 9.17) is 0 Å².